The van der Waals surface area contributed by atoms with Crippen LogP contribution in [0.25, 0.3) is 0 Å². The highest BCUT2D eigenvalue weighted by molar-refractivity contribution is 6.67. The Bertz CT molecular complexity index is 530. The van der Waals surface area contributed by atoms with Gasteiger partial charge in [0.15, 0.2) is 0 Å². The predicted octanol–water partition coefficient (Wildman–Crippen LogP) is 6.97. The van der Waals surface area contributed by atoms with Crippen molar-refractivity contribution in [3.8, 4) is 11.5 Å². The largest absolute Gasteiger partial charge is 0.512 e. The average molecular weight is 357 g/mol. The van der Waals surface area contributed by atoms with E-state index < -0.39 is 8.56 Å². The highest BCUT2D eigenvalue weighted by atomic mass is 28.4. The molecule has 0 bridgehead atoms. The lowest BCUT2D eigenvalue weighted by atomic mass is 10.1. The van der Waals surface area contributed by atoms with Crippen LogP contribution in [0.4, 0.5) is 0 Å². The van der Waals surface area contributed by atoms with Crippen LogP contribution >= 0.6 is 0 Å². The maximum absolute atomic E-state index is 6.37. The van der Waals surface area contributed by atoms with E-state index in [1.54, 1.807) is 0 Å². The first kappa shape index (κ1) is 19.6. The van der Waals surface area contributed by atoms with Crippen molar-refractivity contribution in [3.05, 3.63) is 60.7 Å². The summed E-state index contributed by atoms with van der Waals surface area (Å²) in [6.07, 6.45) is 9.15. The van der Waals surface area contributed by atoms with Crippen molar-refractivity contribution in [1.82, 2.24) is 0 Å². The zero-order valence-corrected chi connectivity index (χ0v) is 16.7. The van der Waals surface area contributed by atoms with Gasteiger partial charge in [-0.15, -0.1) is 0 Å². The second-order valence-corrected chi connectivity index (χ2v) is 10.0. The van der Waals surface area contributed by atoms with Crippen LogP contribution in [0.2, 0.25) is 12.6 Å². The lowest BCUT2D eigenvalue weighted by Crippen LogP contribution is -2.45. The normalized spacial score (nSPS) is 11.3. The molecule has 0 heterocycles. The number of hydrogen-bond donors (Lipinski definition) is 0. The lowest BCUT2D eigenvalue weighted by molar-refractivity contribution is 0.384. The van der Waals surface area contributed by atoms with E-state index in [0.717, 1.165) is 17.5 Å². The number of unbranched alkanes of at least 4 members (excludes halogenated alkanes) is 6. The van der Waals surface area contributed by atoms with Gasteiger partial charge in [0.1, 0.15) is 11.5 Å². The van der Waals surface area contributed by atoms with Crippen LogP contribution in [0.3, 0.4) is 0 Å². The van der Waals surface area contributed by atoms with Gasteiger partial charge in [0.05, 0.1) is 0 Å². The third-order valence-electron chi connectivity index (χ3n) is 4.39. The Balaban J connectivity index is 1.89. The van der Waals surface area contributed by atoms with Crippen LogP contribution in [0.5, 0.6) is 11.5 Å². The fourth-order valence-electron chi connectivity index (χ4n) is 3.00. The highest BCUT2D eigenvalue weighted by Gasteiger charge is 2.35. The topological polar surface area (TPSA) is 18.5 Å². The minimum Gasteiger partial charge on any atom is -0.512 e. The van der Waals surface area contributed by atoms with Gasteiger partial charge >= 0.3 is 8.56 Å². The van der Waals surface area contributed by atoms with Crippen LogP contribution in [0, 0.1) is 0 Å². The molecule has 0 unspecified atom stereocenters. The maximum atomic E-state index is 6.37. The summed E-state index contributed by atoms with van der Waals surface area (Å²) in [4.78, 5) is 0. The molecule has 2 aromatic rings. The fourth-order valence-corrected chi connectivity index (χ4v) is 5.41. The Morgan fingerprint density at radius 2 is 1.08 bits per heavy atom. The van der Waals surface area contributed by atoms with Gasteiger partial charge < -0.3 is 8.85 Å². The quantitative estimate of drug-likeness (QED) is 0.302. The fraction of sp³-hybridized carbons (Fsp3) is 0.455. The van der Waals surface area contributed by atoms with Gasteiger partial charge in [-0.05, 0) is 30.7 Å². The zero-order valence-electron chi connectivity index (χ0n) is 15.7. The molecule has 0 atom stereocenters. The molecule has 0 saturated heterocycles. The van der Waals surface area contributed by atoms with Crippen molar-refractivity contribution >= 4 is 8.56 Å². The lowest BCUT2D eigenvalue weighted by Gasteiger charge is -2.28. The van der Waals surface area contributed by atoms with Crippen LogP contribution in [0.15, 0.2) is 60.7 Å². The van der Waals surface area contributed by atoms with Crippen LogP contribution in [0.1, 0.15) is 51.9 Å². The first-order chi connectivity index (χ1) is 12.2. The molecule has 25 heavy (non-hydrogen) atoms. The van der Waals surface area contributed by atoms with E-state index in [1.165, 1.54) is 44.9 Å². The molecule has 0 saturated carbocycles. The van der Waals surface area contributed by atoms with Crippen molar-refractivity contribution in [2.75, 3.05) is 0 Å². The molecule has 0 N–H and O–H groups in total. The summed E-state index contributed by atoms with van der Waals surface area (Å²) < 4.78 is 12.7. The minimum atomic E-state index is -2.31. The third kappa shape index (κ3) is 7.78. The van der Waals surface area contributed by atoms with E-state index in [2.05, 4.69) is 13.5 Å². The van der Waals surface area contributed by atoms with Gasteiger partial charge in [0.25, 0.3) is 0 Å². The summed E-state index contributed by atoms with van der Waals surface area (Å²) in [7, 11) is -2.31. The summed E-state index contributed by atoms with van der Waals surface area (Å²) in [5.74, 6) is 1.83. The maximum Gasteiger partial charge on any atom is 0.457 e. The van der Waals surface area contributed by atoms with Crippen molar-refractivity contribution < 1.29 is 8.85 Å². The van der Waals surface area contributed by atoms with E-state index in [1.807, 2.05) is 60.7 Å². The summed E-state index contributed by atoms with van der Waals surface area (Å²) in [5, 5.41) is 0. The molecule has 136 valence electrons. The molecule has 0 aliphatic heterocycles. The zero-order chi connectivity index (χ0) is 17.8. The van der Waals surface area contributed by atoms with Crippen molar-refractivity contribution in [1.29, 1.82) is 0 Å². The first-order valence-corrected chi connectivity index (χ1v) is 12.2. The number of rotatable bonds is 12. The number of para-hydroxylation sites is 2. The van der Waals surface area contributed by atoms with E-state index in [9.17, 15) is 0 Å². The average Bonchev–Trinajstić information content (AvgIpc) is 2.62. The van der Waals surface area contributed by atoms with Gasteiger partial charge in [-0.25, -0.2) is 0 Å². The van der Waals surface area contributed by atoms with Gasteiger partial charge in [-0.3, -0.25) is 0 Å². The van der Waals surface area contributed by atoms with Crippen LogP contribution < -0.4 is 8.85 Å². The van der Waals surface area contributed by atoms with Crippen LogP contribution in [-0.4, -0.2) is 8.56 Å². The summed E-state index contributed by atoms with van der Waals surface area (Å²) in [5.41, 5.74) is 0. The Morgan fingerprint density at radius 3 is 1.56 bits per heavy atom. The Morgan fingerprint density at radius 1 is 0.640 bits per heavy atom. The smallest absolute Gasteiger partial charge is 0.457 e. The van der Waals surface area contributed by atoms with Gasteiger partial charge in [-0.2, -0.15) is 0 Å². The monoisotopic (exact) mass is 356 g/mol. The highest BCUT2D eigenvalue weighted by Crippen LogP contribution is 2.25. The Hall–Kier alpha value is -1.74. The molecule has 0 radical (unpaired) electrons. The van der Waals surface area contributed by atoms with Crippen molar-refractivity contribution in [3.63, 3.8) is 0 Å². The summed E-state index contributed by atoms with van der Waals surface area (Å²) in [6, 6.07) is 21.2. The van der Waals surface area contributed by atoms with E-state index in [4.69, 9.17) is 8.85 Å². The van der Waals surface area contributed by atoms with E-state index in [-0.39, 0.29) is 0 Å². The Labute approximate surface area is 154 Å². The molecule has 0 spiro atoms. The molecule has 2 rings (SSSR count). The van der Waals surface area contributed by atoms with Crippen molar-refractivity contribution in [2.45, 2.75) is 64.5 Å². The third-order valence-corrected chi connectivity index (χ3v) is 6.99. The van der Waals surface area contributed by atoms with E-state index >= 15 is 0 Å². The second-order valence-electron chi connectivity index (χ2n) is 6.84. The Kier molecular flexibility index (Phi) is 8.60. The molecule has 2 aromatic carbocycles. The molecular formula is C22H32O2Si. The van der Waals surface area contributed by atoms with Crippen molar-refractivity contribution in [2.24, 2.45) is 0 Å². The molecule has 0 fully saturated rings. The predicted molar refractivity (Wildman–Crippen MR) is 109 cm³/mol. The molecule has 0 amide bonds. The standard InChI is InChI=1S/C22H32O2Si/c1-3-4-5-6-7-8-15-20-25(2,23-21-16-11-9-12-17-21)24-22-18-13-10-14-19-22/h9-14,16-19H,3-8,15,20H2,1-2H3. The SMILES string of the molecule is CCCCCCCCC[Si](C)(Oc1ccccc1)Oc1ccccc1. The molecule has 0 aromatic heterocycles. The summed E-state index contributed by atoms with van der Waals surface area (Å²) >= 11 is 0. The first-order valence-electron chi connectivity index (χ1n) is 9.70. The van der Waals surface area contributed by atoms with Crippen LogP contribution in [-0.2, 0) is 0 Å². The van der Waals surface area contributed by atoms with Gasteiger partial charge in [0, 0.05) is 12.6 Å². The number of benzene rings is 2. The summed E-state index contributed by atoms with van der Waals surface area (Å²) in [6.45, 7) is 4.45. The molecule has 3 heteroatoms. The minimum absolute atomic E-state index is 0.913. The molecule has 0 aliphatic carbocycles. The number of hydrogen-bond acceptors (Lipinski definition) is 2. The molecule has 2 nitrogen and oxygen atoms in total. The molecular weight excluding hydrogens is 324 g/mol. The van der Waals surface area contributed by atoms with E-state index in [0.29, 0.717) is 0 Å². The molecule has 0 aliphatic rings. The second kappa shape index (κ2) is 11.0. The van der Waals surface area contributed by atoms with Gasteiger partial charge in [0.2, 0.25) is 0 Å². The van der Waals surface area contributed by atoms with Gasteiger partial charge in [-0.1, -0.05) is 81.8 Å².